The average molecular weight is 214 g/mol. The lowest BCUT2D eigenvalue weighted by atomic mass is 10.2. The summed E-state index contributed by atoms with van der Waals surface area (Å²) < 4.78 is 15.5. The number of carbonyl (C=O) groups excluding carboxylic acids is 1. The molecule has 0 saturated heterocycles. The molecule has 0 spiro atoms. The average Bonchev–Trinajstić information content (AvgIpc) is 2.19. The van der Waals surface area contributed by atoms with E-state index in [-0.39, 0.29) is 11.7 Å². The summed E-state index contributed by atoms with van der Waals surface area (Å²) in [5, 5.41) is 0. The van der Waals surface area contributed by atoms with Gasteiger partial charge in [0.05, 0.1) is 11.7 Å². The summed E-state index contributed by atoms with van der Waals surface area (Å²) in [6.45, 7) is 1.49. The molecule has 0 aliphatic rings. The first kappa shape index (κ1) is 11.0. The van der Waals surface area contributed by atoms with Crippen LogP contribution in [0.25, 0.3) is 0 Å². The fourth-order valence-electron chi connectivity index (χ4n) is 0.821. The molecule has 1 aromatic carbocycles. The fraction of sp³-hybridized carbons (Fsp3) is 0.222. The topological polar surface area (TPSA) is 63.6 Å². The maximum Gasteiger partial charge on any atom is 0.378 e. The van der Waals surface area contributed by atoms with Crippen molar-refractivity contribution in [2.24, 2.45) is 0 Å². The summed E-state index contributed by atoms with van der Waals surface area (Å²) in [7, 11) is -3.74. The third kappa shape index (κ3) is 2.98. The molecule has 76 valence electrons. The number of carbonyl (C=O) groups is 1. The molecule has 1 aromatic rings. The molecule has 1 rings (SSSR count). The first-order valence-electron chi connectivity index (χ1n) is 4.16. The second-order valence-electron chi connectivity index (χ2n) is 2.70. The SMILES string of the molecule is CCP(=O)(O)OC(=O)c1ccccc1. The van der Waals surface area contributed by atoms with Crippen LogP contribution in [0.2, 0.25) is 0 Å². The van der Waals surface area contributed by atoms with Crippen molar-refractivity contribution in [2.45, 2.75) is 6.92 Å². The summed E-state index contributed by atoms with van der Waals surface area (Å²) >= 11 is 0. The molecule has 1 N–H and O–H groups in total. The molecule has 0 bridgehead atoms. The highest BCUT2D eigenvalue weighted by Crippen LogP contribution is 2.41. The van der Waals surface area contributed by atoms with Crippen molar-refractivity contribution >= 4 is 13.6 Å². The molecule has 0 aliphatic carbocycles. The Kier molecular flexibility index (Phi) is 3.44. The number of hydrogen-bond donors (Lipinski definition) is 1. The van der Waals surface area contributed by atoms with E-state index >= 15 is 0 Å². The van der Waals surface area contributed by atoms with Crippen molar-refractivity contribution in [1.29, 1.82) is 0 Å². The number of benzene rings is 1. The summed E-state index contributed by atoms with van der Waals surface area (Å²) in [5.74, 6) is -0.765. The van der Waals surface area contributed by atoms with E-state index in [0.29, 0.717) is 0 Å². The van der Waals surface area contributed by atoms with Gasteiger partial charge >= 0.3 is 13.6 Å². The molecule has 0 radical (unpaired) electrons. The van der Waals surface area contributed by atoms with Gasteiger partial charge in [-0.25, -0.2) is 9.36 Å². The van der Waals surface area contributed by atoms with Gasteiger partial charge in [0.25, 0.3) is 0 Å². The van der Waals surface area contributed by atoms with Crippen molar-refractivity contribution in [3.63, 3.8) is 0 Å². The Morgan fingerprint density at radius 1 is 1.43 bits per heavy atom. The van der Waals surface area contributed by atoms with Crippen LogP contribution >= 0.6 is 7.60 Å². The van der Waals surface area contributed by atoms with Crippen molar-refractivity contribution in [3.05, 3.63) is 35.9 Å². The van der Waals surface area contributed by atoms with E-state index in [1.165, 1.54) is 19.1 Å². The van der Waals surface area contributed by atoms with E-state index in [1.54, 1.807) is 18.2 Å². The van der Waals surface area contributed by atoms with Crippen LogP contribution in [-0.2, 0) is 9.09 Å². The maximum absolute atomic E-state index is 11.3. The molecule has 5 heteroatoms. The first-order valence-corrected chi connectivity index (χ1v) is 5.92. The van der Waals surface area contributed by atoms with Crippen LogP contribution in [0.4, 0.5) is 0 Å². The summed E-state index contributed by atoms with van der Waals surface area (Å²) in [5.41, 5.74) is 0.273. The number of rotatable bonds is 3. The van der Waals surface area contributed by atoms with Gasteiger partial charge in [-0.05, 0) is 12.1 Å². The Balaban J connectivity index is 2.74. The maximum atomic E-state index is 11.3. The van der Waals surface area contributed by atoms with E-state index in [1.807, 2.05) is 0 Å². The minimum Gasteiger partial charge on any atom is -0.388 e. The van der Waals surface area contributed by atoms with Gasteiger partial charge in [0.15, 0.2) is 0 Å². The van der Waals surface area contributed by atoms with Gasteiger partial charge in [-0.15, -0.1) is 0 Å². The van der Waals surface area contributed by atoms with E-state index in [4.69, 9.17) is 4.89 Å². The highest BCUT2D eigenvalue weighted by atomic mass is 31.2. The Bertz CT molecular complexity index is 360. The van der Waals surface area contributed by atoms with Gasteiger partial charge in [0.2, 0.25) is 0 Å². The van der Waals surface area contributed by atoms with Crippen molar-refractivity contribution in [2.75, 3.05) is 6.16 Å². The minimum absolute atomic E-state index is 0.0778. The van der Waals surface area contributed by atoms with Gasteiger partial charge in [0.1, 0.15) is 0 Å². The molecule has 0 amide bonds. The quantitative estimate of drug-likeness (QED) is 0.782. The van der Waals surface area contributed by atoms with Crippen LogP contribution in [0.3, 0.4) is 0 Å². The van der Waals surface area contributed by atoms with E-state index in [0.717, 1.165) is 0 Å². The molecule has 4 nitrogen and oxygen atoms in total. The standard InChI is InChI=1S/C9H11O4P/c1-2-14(11,12)13-9(10)8-6-4-3-5-7-8/h3-7H,2H2,1H3,(H,11,12). The zero-order valence-corrected chi connectivity index (χ0v) is 8.61. The Morgan fingerprint density at radius 2 is 2.00 bits per heavy atom. The second-order valence-corrected chi connectivity index (χ2v) is 4.79. The van der Waals surface area contributed by atoms with Crippen LogP contribution in [0, 0.1) is 0 Å². The summed E-state index contributed by atoms with van der Waals surface area (Å²) in [6, 6.07) is 8.11. The highest BCUT2D eigenvalue weighted by Gasteiger charge is 2.21. The molecule has 0 aromatic heterocycles. The van der Waals surface area contributed by atoms with Crippen LogP contribution < -0.4 is 0 Å². The number of hydrogen-bond acceptors (Lipinski definition) is 3. The molecule has 0 fully saturated rings. The third-order valence-corrected chi connectivity index (χ3v) is 2.89. The van der Waals surface area contributed by atoms with Crippen molar-refractivity contribution in [1.82, 2.24) is 0 Å². The van der Waals surface area contributed by atoms with Crippen LogP contribution in [-0.4, -0.2) is 17.0 Å². The predicted molar refractivity (Wildman–Crippen MR) is 52.2 cm³/mol. The Labute approximate surface area is 82.1 Å². The molecular formula is C9H11O4P. The zero-order valence-electron chi connectivity index (χ0n) is 7.71. The van der Waals surface area contributed by atoms with E-state index < -0.39 is 13.6 Å². The van der Waals surface area contributed by atoms with Gasteiger partial charge in [0, 0.05) is 0 Å². The van der Waals surface area contributed by atoms with Crippen LogP contribution in [0.15, 0.2) is 30.3 Å². The molecular weight excluding hydrogens is 203 g/mol. The molecule has 14 heavy (non-hydrogen) atoms. The van der Waals surface area contributed by atoms with Crippen LogP contribution in [0.5, 0.6) is 0 Å². The zero-order chi connectivity index (χ0) is 10.6. The lowest BCUT2D eigenvalue weighted by Gasteiger charge is -2.09. The Hall–Kier alpha value is -1.12. The van der Waals surface area contributed by atoms with E-state index in [2.05, 4.69) is 4.52 Å². The fourth-order valence-corrected chi connectivity index (χ4v) is 1.31. The molecule has 1 atom stereocenters. The lowest BCUT2D eigenvalue weighted by molar-refractivity contribution is 0.0717. The smallest absolute Gasteiger partial charge is 0.378 e. The summed E-state index contributed by atoms with van der Waals surface area (Å²) in [6.07, 6.45) is -0.0778. The Morgan fingerprint density at radius 3 is 2.50 bits per heavy atom. The van der Waals surface area contributed by atoms with Crippen molar-refractivity contribution in [3.8, 4) is 0 Å². The minimum atomic E-state index is -3.74. The third-order valence-electron chi connectivity index (χ3n) is 1.63. The van der Waals surface area contributed by atoms with Gasteiger partial charge in [-0.1, -0.05) is 25.1 Å². The monoisotopic (exact) mass is 214 g/mol. The van der Waals surface area contributed by atoms with Gasteiger partial charge in [-0.2, -0.15) is 0 Å². The van der Waals surface area contributed by atoms with E-state index in [9.17, 15) is 9.36 Å². The second kappa shape index (κ2) is 4.40. The normalized spacial score (nSPS) is 14.4. The predicted octanol–water partition coefficient (Wildman–Crippen LogP) is 2.05. The lowest BCUT2D eigenvalue weighted by Crippen LogP contribution is -2.03. The van der Waals surface area contributed by atoms with Gasteiger partial charge in [-0.3, -0.25) is 0 Å². The molecule has 0 saturated carbocycles. The summed E-state index contributed by atoms with van der Waals surface area (Å²) in [4.78, 5) is 20.3. The van der Waals surface area contributed by atoms with Crippen molar-refractivity contribution < 1.29 is 18.8 Å². The first-order chi connectivity index (χ1) is 6.55. The van der Waals surface area contributed by atoms with Gasteiger partial charge < -0.3 is 9.42 Å². The highest BCUT2D eigenvalue weighted by molar-refractivity contribution is 7.53. The molecule has 0 aliphatic heterocycles. The van der Waals surface area contributed by atoms with Crippen LogP contribution in [0.1, 0.15) is 17.3 Å². The molecule has 0 heterocycles. The largest absolute Gasteiger partial charge is 0.388 e. The molecule has 1 unspecified atom stereocenters.